The quantitative estimate of drug-likeness (QED) is 0.779. The second-order valence-corrected chi connectivity index (χ2v) is 5.37. The van der Waals surface area contributed by atoms with Crippen LogP contribution in [-0.2, 0) is 0 Å². The van der Waals surface area contributed by atoms with Crippen molar-refractivity contribution < 1.29 is 0 Å². The predicted molar refractivity (Wildman–Crippen MR) is 54.3 cm³/mol. The van der Waals surface area contributed by atoms with Gasteiger partial charge in [-0.3, -0.25) is 0 Å². The molecule has 2 rings (SSSR count). The summed E-state index contributed by atoms with van der Waals surface area (Å²) in [5.41, 5.74) is 7.94. The number of nitrogen functional groups attached to an aromatic ring is 1. The van der Waals surface area contributed by atoms with Gasteiger partial charge < -0.3 is 5.73 Å². The molecule has 58 valence electrons. The molecule has 2 nitrogen and oxygen atoms in total. The highest BCUT2D eigenvalue weighted by Crippen LogP contribution is 2.39. The zero-order chi connectivity index (χ0) is 8.01. The fraction of sp³-hybridized carbons (Fsp3) is 0.167. The number of aromatic nitrogens is 1. The molecule has 0 aromatic carbocycles. The van der Waals surface area contributed by atoms with Gasteiger partial charge in [0.05, 0.1) is 8.49 Å². The third kappa shape index (κ3) is 0.988. The molecular weight excluding hydrogens is 244 g/mol. The Morgan fingerprint density at radius 3 is 2.91 bits per heavy atom. The highest BCUT2D eigenvalue weighted by Gasteiger charge is 2.11. The fourth-order valence-electron chi connectivity index (χ4n) is 0.891. The summed E-state index contributed by atoms with van der Waals surface area (Å²) in [6.07, 6.45) is 0. The van der Waals surface area contributed by atoms with E-state index in [-0.39, 0.29) is 0 Å². The van der Waals surface area contributed by atoms with Gasteiger partial charge in [-0.25, -0.2) is 0 Å². The smallest absolute Gasteiger partial charge is 0.124 e. The molecule has 2 aromatic heterocycles. The maximum absolute atomic E-state index is 5.70. The number of nitrogens with two attached hydrogens (primary N) is 1. The number of anilines is 1. The van der Waals surface area contributed by atoms with E-state index in [1.807, 2.05) is 6.92 Å². The summed E-state index contributed by atoms with van der Waals surface area (Å²) in [4.78, 5) is 0. The van der Waals surface area contributed by atoms with Crippen molar-refractivity contribution in [2.75, 3.05) is 5.73 Å². The van der Waals surface area contributed by atoms with E-state index in [4.69, 9.17) is 5.73 Å². The first kappa shape index (κ1) is 7.52. The molecule has 0 aliphatic carbocycles. The minimum absolute atomic E-state index is 0.818. The third-order valence-corrected chi connectivity index (χ3v) is 4.50. The van der Waals surface area contributed by atoms with Gasteiger partial charge in [0.1, 0.15) is 10.5 Å². The molecule has 0 atom stereocenters. The van der Waals surface area contributed by atoms with Gasteiger partial charge in [-0.15, -0.1) is 11.3 Å². The van der Waals surface area contributed by atoms with Gasteiger partial charge >= 0.3 is 0 Å². The van der Waals surface area contributed by atoms with Gasteiger partial charge in [-0.1, -0.05) is 0 Å². The van der Waals surface area contributed by atoms with Crippen molar-refractivity contribution >= 4 is 54.0 Å². The summed E-state index contributed by atoms with van der Waals surface area (Å²) >= 11 is 6.47. The van der Waals surface area contributed by atoms with Gasteiger partial charge in [0.15, 0.2) is 0 Å². The maximum Gasteiger partial charge on any atom is 0.124 e. The summed E-state index contributed by atoms with van der Waals surface area (Å²) in [5.74, 6) is 0. The van der Waals surface area contributed by atoms with Crippen LogP contribution in [0.2, 0.25) is 0 Å². The molecule has 0 aliphatic heterocycles. The first-order valence-corrected chi connectivity index (χ1v) is 5.38. The molecule has 0 spiro atoms. The summed E-state index contributed by atoms with van der Waals surface area (Å²) in [6.45, 7) is 2.04. The average Bonchev–Trinajstić information content (AvgIpc) is 2.43. The van der Waals surface area contributed by atoms with Crippen LogP contribution in [0, 0.1) is 6.92 Å². The molecule has 0 saturated heterocycles. The Bertz CT molecular complexity index is 404. The van der Waals surface area contributed by atoms with Gasteiger partial charge in [-0.05, 0) is 34.4 Å². The topological polar surface area (TPSA) is 38.9 Å². The van der Waals surface area contributed by atoms with E-state index in [9.17, 15) is 0 Å². The lowest BCUT2D eigenvalue weighted by Crippen LogP contribution is -1.74. The molecule has 0 unspecified atom stereocenters. The molecule has 0 saturated carbocycles. The summed E-state index contributed by atoms with van der Waals surface area (Å²) in [5, 5.41) is 0.818. The van der Waals surface area contributed by atoms with Crippen molar-refractivity contribution in [3.05, 3.63) is 9.35 Å². The Labute approximate surface area is 80.3 Å². The first-order valence-electron chi connectivity index (χ1n) is 3.00. The zero-order valence-corrected chi connectivity index (χ0v) is 8.94. The van der Waals surface area contributed by atoms with E-state index in [0.717, 1.165) is 19.0 Å². The second-order valence-electron chi connectivity index (χ2n) is 2.23. The van der Waals surface area contributed by atoms with Crippen LogP contribution in [0.1, 0.15) is 5.56 Å². The number of fused-ring (bicyclic) bond motifs is 1. The number of hydrogen-bond donors (Lipinski definition) is 1. The van der Waals surface area contributed by atoms with Crippen LogP contribution in [0.5, 0.6) is 0 Å². The van der Waals surface area contributed by atoms with Crippen molar-refractivity contribution in [3.8, 4) is 0 Å². The SMILES string of the molecule is Cc1c(Br)sc2c(N)snc12. The first-order chi connectivity index (χ1) is 5.20. The van der Waals surface area contributed by atoms with Gasteiger partial charge in [0, 0.05) is 5.56 Å². The maximum atomic E-state index is 5.70. The van der Waals surface area contributed by atoms with E-state index >= 15 is 0 Å². The molecule has 2 aromatic rings. The highest BCUT2D eigenvalue weighted by atomic mass is 79.9. The zero-order valence-electron chi connectivity index (χ0n) is 5.72. The molecule has 0 aliphatic rings. The van der Waals surface area contributed by atoms with Crippen LogP contribution in [0.25, 0.3) is 10.2 Å². The Morgan fingerprint density at radius 2 is 2.27 bits per heavy atom. The second kappa shape index (κ2) is 2.43. The van der Waals surface area contributed by atoms with Crippen molar-refractivity contribution in [3.63, 3.8) is 0 Å². The van der Waals surface area contributed by atoms with Gasteiger partial charge in [0.2, 0.25) is 0 Å². The molecule has 11 heavy (non-hydrogen) atoms. The Hall–Kier alpha value is -0.130. The van der Waals surface area contributed by atoms with E-state index in [2.05, 4.69) is 20.3 Å². The standard InChI is InChI=1S/C6H5BrN2S2/c1-2-3-4(10-5(2)7)6(8)11-9-3/h8H2,1H3. The minimum atomic E-state index is 0.818. The number of thiophene rings is 1. The summed E-state index contributed by atoms with van der Waals surface area (Å²) in [7, 11) is 0. The molecular formula is C6H5BrN2S2. The van der Waals surface area contributed by atoms with Crippen molar-refractivity contribution in [2.24, 2.45) is 0 Å². The van der Waals surface area contributed by atoms with E-state index in [1.54, 1.807) is 11.3 Å². The molecule has 0 fully saturated rings. The lowest BCUT2D eigenvalue weighted by Gasteiger charge is -1.80. The minimum Gasteiger partial charge on any atom is -0.388 e. The van der Waals surface area contributed by atoms with Crippen molar-refractivity contribution in [1.82, 2.24) is 4.37 Å². The van der Waals surface area contributed by atoms with Gasteiger partial charge in [0.25, 0.3) is 0 Å². The molecule has 5 heteroatoms. The Kier molecular flexibility index (Phi) is 1.66. The number of halogens is 1. The molecule has 0 radical (unpaired) electrons. The normalized spacial score (nSPS) is 11.1. The molecule has 0 amide bonds. The average molecular weight is 249 g/mol. The number of aryl methyl sites for hydroxylation is 1. The lowest BCUT2D eigenvalue weighted by atomic mass is 10.3. The molecule has 0 bridgehead atoms. The van der Waals surface area contributed by atoms with E-state index in [1.165, 1.54) is 17.1 Å². The number of hydrogen-bond acceptors (Lipinski definition) is 4. The van der Waals surface area contributed by atoms with Crippen LogP contribution in [-0.4, -0.2) is 4.37 Å². The van der Waals surface area contributed by atoms with Crippen LogP contribution in [0.4, 0.5) is 5.00 Å². The summed E-state index contributed by atoms with van der Waals surface area (Å²) < 4.78 is 6.48. The van der Waals surface area contributed by atoms with E-state index in [0.29, 0.717) is 0 Å². The number of rotatable bonds is 0. The largest absolute Gasteiger partial charge is 0.388 e. The monoisotopic (exact) mass is 248 g/mol. The van der Waals surface area contributed by atoms with Crippen LogP contribution in [0.3, 0.4) is 0 Å². The van der Waals surface area contributed by atoms with Crippen LogP contribution >= 0.6 is 38.8 Å². The van der Waals surface area contributed by atoms with Crippen LogP contribution < -0.4 is 5.73 Å². The van der Waals surface area contributed by atoms with E-state index < -0.39 is 0 Å². The lowest BCUT2D eigenvalue weighted by molar-refractivity contribution is 1.52. The molecule has 2 N–H and O–H groups in total. The van der Waals surface area contributed by atoms with Crippen LogP contribution in [0.15, 0.2) is 3.79 Å². The number of nitrogens with zero attached hydrogens (tertiary/aromatic N) is 1. The predicted octanol–water partition coefficient (Wildman–Crippen LogP) is 3.01. The van der Waals surface area contributed by atoms with Gasteiger partial charge in [-0.2, -0.15) is 4.37 Å². The molecule has 2 heterocycles. The fourth-order valence-corrected chi connectivity index (χ4v) is 3.28. The Morgan fingerprint density at radius 1 is 1.55 bits per heavy atom. The highest BCUT2D eigenvalue weighted by molar-refractivity contribution is 9.11. The van der Waals surface area contributed by atoms with Crippen molar-refractivity contribution in [1.29, 1.82) is 0 Å². The van der Waals surface area contributed by atoms with Crippen molar-refractivity contribution in [2.45, 2.75) is 6.92 Å². The third-order valence-electron chi connectivity index (χ3n) is 1.52. The summed E-state index contributed by atoms with van der Waals surface area (Å²) in [6, 6.07) is 0. The Balaban J connectivity index is 2.93.